The minimum absolute atomic E-state index is 0. The lowest BCUT2D eigenvalue weighted by Crippen LogP contribution is -2.39. The molecule has 0 saturated carbocycles. The fourth-order valence-corrected chi connectivity index (χ4v) is 1.99. The van der Waals surface area contributed by atoms with Crippen LogP contribution in [-0.2, 0) is 21.2 Å². The number of sulfone groups is 1. The number of nitrogens with two attached hydrogens (primary N) is 1. The Hall–Kier alpha value is -1.11. The highest BCUT2D eigenvalue weighted by molar-refractivity contribution is 7.90. The average Bonchev–Trinajstić information content (AvgIpc) is 2.34. The van der Waals surface area contributed by atoms with Crippen molar-refractivity contribution in [2.24, 2.45) is 5.73 Å². The van der Waals surface area contributed by atoms with Gasteiger partial charge in [0.25, 0.3) is 0 Å². The lowest BCUT2D eigenvalue weighted by atomic mass is 10.2. The van der Waals surface area contributed by atoms with Crippen LogP contribution in [0.3, 0.4) is 0 Å². The minimum atomic E-state index is -3.18. The number of halogens is 1. The van der Waals surface area contributed by atoms with Crippen molar-refractivity contribution < 1.29 is 13.2 Å². The third-order valence-electron chi connectivity index (χ3n) is 2.59. The molecule has 0 unspecified atom stereocenters. The van der Waals surface area contributed by atoms with Crippen LogP contribution in [-0.4, -0.2) is 26.6 Å². The second-order valence-corrected chi connectivity index (χ2v) is 6.16. The number of carbonyl (C=O) groups is 1. The highest BCUT2D eigenvalue weighted by Crippen LogP contribution is 2.10. The van der Waals surface area contributed by atoms with E-state index in [-0.39, 0.29) is 23.2 Å². The van der Waals surface area contributed by atoms with E-state index in [1.54, 1.807) is 12.1 Å². The number of nitrogens with one attached hydrogen (secondary N) is 1. The molecule has 5 nitrogen and oxygen atoms in total. The smallest absolute Gasteiger partial charge is 0.237 e. The Kier molecular flexibility index (Phi) is 7.04. The van der Waals surface area contributed by atoms with Crippen LogP contribution in [0.4, 0.5) is 0 Å². The highest BCUT2D eigenvalue weighted by Gasteiger charge is 2.10. The standard InChI is InChI=1S/C12H18N2O3S.ClH/c1-3-11(13)12(15)14-8-9-4-6-10(7-5-9)18(2,16)17;/h4-7,11H,3,8,13H2,1-2H3,(H,14,15);1H/t11-;/m0./s1. The number of hydrogen-bond acceptors (Lipinski definition) is 4. The molecule has 1 amide bonds. The zero-order valence-corrected chi connectivity index (χ0v) is 12.6. The average molecular weight is 307 g/mol. The first-order valence-corrected chi connectivity index (χ1v) is 7.56. The summed E-state index contributed by atoms with van der Waals surface area (Å²) in [4.78, 5) is 11.7. The van der Waals surface area contributed by atoms with Gasteiger partial charge in [-0.3, -0.25) is 4.79 Å². The predicted molar refractivity (Wildman–Crippen MR) is 76.9 cm³/mol. The van der Waals surface area contributed by atoms with Crippen LogP contribution < -0.4 is 11.1 Å². The lowest BCUT2D eigenvalue weighted by Gasteiger charge is -2.10. The molecule has 1 atom stereocenters. The molecule has 0 fully saturated rings. The van der Waals surface area contributed by atoms with Crippen molar-refractivity contribution >= 4 is 28.2 Å². The van der Waals surface area contributed by atoms with E-state index in [9.17, 15) is 13.2 Å². The summed E-state index contributed by atoms with van der Waals surface area (Å²) in [6.07, 6.45) is 1.74. The van der Waals surface area contributed by atoms with Gasteiger partial charge in [0, 0.05) is 12.8 Å². The van der Waals surface area contributed by atoms with Gasteiger partial charge < -0.3 is 11.1 Å². The molecule has 0 aliphatic heterocycles. The van der Waals surface area contributed by atoms with E-state index >= 15 is 0 Å². The van der Waals surface area contributed by atoms with Gasteiger partial charge in [-0.15, -0.1) is 12.4 Å². The molecule has 19 heavy (non-hydrogen) atoms. The number of rotatable bonds is 5. The van der Waals surface area contributed by atoms with Gasteiger partial charge in [0.1, 0.15) is 0 Å². The van der Waals surface area contributed by atoms with E-state index < -0.39 is 15.9 Å². The number of hydrogen-bond donors (Lipinski definition) is 2. The van der Waals surface area contributed by atoms with E-state index in [0.717, 1.165) is 11.8 Å². The molecule has 1 aromatic carbocycles. The molecule has 0 saturated heterocycles. The zero-order chi connectivity index (χ0) is 13.8. The van der Waals surface area contributed by atoms with Crippen molar-refractivity contribution in [1.29, 1.82) is 0 Å². The molecule has 7 heteroatoms. The molecule has 0 heterocycles. The maximum Gasteiger partial charge on any atom is 0.237 e. The van der Waals surface area contributed by atoms with E-state index in [0.29, 0.717) is 13.0 Å². The molecular weight excluding hydrogens is 288 g/mol. The molecule has 0 radical (unpaired) electrons. The van der Waals surface area contributed by atoms with Crippen LogP contribution in [0.15, 0.2) is 29.2 Å². The first kappa shape index (κ1) is 17.9. The quantitative estimate of drug-likeness (QED) is 0.844. The van der Waals surface area contributed by atoms with Gasteiger partial charge in [0.05, 0.1) is 10.9 Å². The third kappa shape index (κ3) is 5.59. The van der Waals surface area contributed by atoms with E-state index in [1.165, 1.54) is 12.1 Å². The molecule has 0 aliphatic carbocycles. The lowest BCUT2D eigenvalue weighted by molar-refractivity contribution is -0.122. The van der Waals surface area contributed by atoms with Gasteiger partial charge >= 0.3 is 0 Å². The van der Waals surface area contributed by atoms with Crippen LogP contribution >= 0.6 is 12.4 Å². The summed E-state index contributed by atoms with van der Waals surface area (Å²) in [6.45, 7) is 2.18. The minimum Gasteiger partial charge on any atom is -0.351 e. The molecule has 3 N–H and O–H groups in total. The normalized spacial score (nSPS) is 12.4. The second kappa shape index (κ2) is 7.47. The van der Waals surface area contributed by atoms with Crippen LogP contribution in [0, 0.1) is 0 Å². The summed E-state index contributed by atoms with van der Waals surface area (Å²) in [7, 11) is -3.18. The zero-order valence-electron chi connectivity index (χ0n) is 10.9. The largest absolute Gasteiger partial charge is 0.351 e. The van der Waals surface area contributed by atoms with Gasteiger partial charge in [-0.2, -0.15) is 0 Å². The van der Waals surface area contributed by atoms with Crippen LogP contribution in [0.5, 0.6) is 0 Å². The molecule has 0 spiro atoms. The fraction of sp³-hybridized carbons (Fsp3) is 0.417. The van der Waals surface area contributed by atoms with Gasteiger partial charge in [-0.1, -0.05) is 19.1 Å². The first-order valence-electron chi connectivity index (χ1n) is 5.67. The van der Waals surface area contributed by atoms with Gasteiger partial charge in [0.2, 0.25) is 5.91 Å². The Morgan fingerprint density at radius 1 is 1.32 bits per heavy atom. The Balaban J connectivity index is 0.00000324. The Morgan fingerprint density at radius 3 is 2.26 bits per heavy atom. The van der Waals surface area contributed by atoms with Crippen molar-refractivity contribution in [2.45, 2.75) is 30.8 Å². The molecule has 0 aliphatic rings. The Bertz CT molecular complexity index is 514. The number of amides is 1. The Morgan fingerprint density at radius 2 is 1.84 bits per heavy atom. The number of benzene rings is 1. The fourth-order valence-electron chi connectivity index (χ4n) is 1.36. The highest BCUT2D eigenvalue weighted by atomic mass is 35.5. The van der Waals surface area contributed by atoms with Crippen molar-refractivity contribution in [3.8, 4) is 0 Å². The van der Waals surface area contributed by atoms with Gasteiger partial charge in [-0.25, -0.2) is 8.42 Å². The molecule has 1 aromatic rings. The van der Waals surface area contributed by atoms with Crippen molar-refractivity contribution in [3.05, 3.63) is 29.8 Å². The molecule has 0 aromatic heterocycles. The Labute approximate surface area is 119 Å². The summed E-state index contributed by atoms with van der Waals surface area (Å²) in [5.41, 5.74) is 6.40. The third-order valence-corrected chi connectivity index (χ3v) is 3.72. The maximum absolute atomic E-state index is 11.4. The van der Waals surface area contributed by atoms with Crippen molar-refractivity contribution in [2.75, 3.05) is 6.26 Å². The first-order chi connectivity index (χ1) is 8.34. The molecule has 1 rings (SSSR count). The van der Waals surface area contributed by atoms with Crippen LogP contribution in [0.1, 0.15) is 18.9 Å². The SMILES string of the molecule is CC[C@H](N)C(=O)NCc1ccc(S(C)(=O)=O)cc1.Cl. The maximum atomic E-state index is 11.4. The second-order valence-electron chi connectivity index (χ2n) is 4.15. The number of carbonyl (C=O) groups excluding carboxylic acids is 1. The summed E-state index contributed by atoms with van der Waals surface area (Å²) in [5, 5.41) is 2.69. The van der Waals surface area contributed by atoms with Gasteiger partial charge in [0.15, 0.2) is 9.84 Å². The molecule has 0 bridgehead atoms. The molecule has 108 valence electrons. The summed E-state index contributed by atoms with van der Waals surface area (Å²) in [6, 6.07) is 5.90. The van der Waals surface area contributed by atoms with Crippen LogP contribution in [0.25, 0.3) is 0 Å². The summed E-state index contributed by atoms with van der Waals surface area (Å²) < 4.78 is 22.5. The van der Waals surface area contributed by atoms with E-state index in [4.69, 9.17) is 5.73 Å². The monoisotopic (exact) mass is 306 g/mol. The summed E-state index contributed by atoms with van der Waals surface area (Å²) in [5.74, 6) is -0.204. The topological polar surface area (TPSA) is 89.3 Å². The van der Waals surface area contributed by atoms with Crippen LogP contribution in [0.2, 0.25) is 0 Å². The van der Waals surface area contributed by atoms with Gasteiger partial charge in [-0.05, 0) is 24.1 Å². The van der Waals surface area contributed by atoms with Crippen molar-refractivity contribution in [3.63, 3.8) is 0 Å². The van der Waals surface area contributed by atoms with E-state index in [2.05, 4.69) is 5.32 Å². The van der Waals surface area contributed by atoms with E-state index in [1.807, 2.05) is 6.92 Å². The van der Waals surface area contributed by atoms with Crippen molar-refractivity contribution in [1.82, 2.24) is 5.32 Å². The summed E-state index contributed by atoms with van der Waals surface area (Å²) >= 11 is 0. The molecular formula is C12H19ClN2O3S. The predicted octanol–water partition coefficient (Wildman–Crippen LogP) is 0.865.